The van der Waals surface area contributed by atoms with E-state index >= 15 is 0 Å². The predicted octanol–water partition coefficient (Wildman–Crippen LogP) is 1.80. The minimum absolute atomic E-state index is 0.0555. The van der Waals surface area contributed by atoms with Crippen molar-refractivity contribution in [1.82, 2.24) is 0 Å². The molecular formula is C6H8O. The van der Waals surface area contributed by atoms with Crippen molar-refractivity contribution >= 4 is 0 Å². The van der Waals surface area contributed by atoms with Crippen LogP contribution in [0.5, 0.6) is 0 Å². The fourth-order valence-electron chi connectivity index (χ4n) is 0.179. The molecule has 0 aromatic carbocycles. The highest BCUT2D eigenvalue weighted by Gasteiger charge is 1.68. The van der Waals surface area contributed by atoms with Crippen molar-refractivity contribution in [2.45, 2.75) is 0 Å². The molecule has 38 valence electrons. The van der Waals surface area contributed by atoms with Crippen LogP contribution in [0.3, 0.4) is 0 Å². The van der Waals surface area contributed by atoms with E-state index in [9.17, 15) is 0 Å². The maximum atomic E-state index is 8.35. The average molecular weight is 96.1 g/mol. The van der Waals surface area contributed by atoms with Crippen LogP contribution in [0, 0.1) is 0 Å². The van der Waals surface area contributed by atoms with Crippen LogP contribution in [0.15, 0.2) is 37.1 Å². The van der Waals surface area contributed by atoms with Gasteiger partial charge in [0.2, 0.25) is 0 Å². The van der Waals surface area contributed by atoms with Crippen LogP contribution in [-0.4, -0.2) is 5.11 Å². The molecule has 0 fully saturated rings. The van der Waals surface area contributed by atoms with E-state index in [2.05, 4.69) is 13.2 Å². The predicted molar refractivity (Wildman–Crippen MR) is 31.1 cm³/mol. The summed E-state index contributed by atoms with van der Waals surface area (Å²) in [5, 5.41) is 8.35. The minimum atomic E-state index is 0.0555. The first-order chi connectivity index (χ1) is 3.27. The van der Waals surface area contributed by atoms with Crippen LogP contribution in [-0.2, 0) is 0 Å². The zero-order chi connectivity index (χ0) is 5.70. The van der Waals surface area contributed by atoms with Gasteiger partial charge in [0.05, 0.1) is 0 Å². The normalized spacial score (nSPS) is 9.14. The van der Waals surface area contributed by atoms with Gasteiger partial charge >= 0.3 is 0 Å². The molecule has 0 aliphatic carbocycles. The lowest BCUT2D eigenvalue weighted by Crippen LogP contribution is -1.62. The number of allylic oxidation sites excluding steroid dienone is 3. The lowest BCUT2D eigenvalue weighted by Gasteiger charge is -1.77. The Morgan fingerprint density at radius 3 is 2.29 bits per heavy atom. The van der Waals surface area contributed by atoms with Gasteiger partial charge in [0.15, 0.2) is 0 Å². The van der Waals surface area contributed by atoms with Crippen LogP contribution in [0.2, 0.25) is 0 Å². The van der Waals surface area contributed by atoms with Crippen molar-refractivity contribution in [2.24, 2.45) is 0 Å². The Morgan fingerprint density at radius 2 is 2.14 bits per heavy atom. The number of hydrogen-bond acceptors (Lipinski definition) is 1. The van der Waals surface area contributed by atoms with Crippen molar-refractivity contribution in [3.05, 3.63) is 37.1 Å². The average Bonchev–Trinajstić information content (AvgIpc) is 1.61. The van der Waals surface area contributed by atoms with Gasteiger partial charge in [-0.1, -0.05) is 25.3 Å². The van der Waals surface area contributed by atoms with Gasteiger partial charge in [-0.25, -0.2) is 0 Å². The molecule has 0 saturated heterocycles. The van der Waals surface area contributed by atoms with E-state index in [0.29, 0.717) is 0 Å². The van der Waals surface area contributed by atoms with E-state index in [1.54, 1.807) is 12.2 Å². The fraction of sp³-hybridized carbons (Fsp3) is 0. The SMILES string of the molecule is C=CC=CC(=C)O. The van der Waals surface area contributed by atoms with Gasteiger partial charge in [-0.15, -0.1) is 0 Å². The molecule has 0 aliphatic heterocycles. The molecule has 7 heavy (non-hydrogen) atoms. The molecular weight excluding hydrogens is 88.1 g/mol. The summed E-state index contributed by atoms with van der Waals surface area (Å²) >= 11 is 0. The second-order valence-electron chi connectivity index (χ2n) is 1.09. The van der Waals surface area contributed by atoms with Crippen molar-refractivity contribution < 1.29 is 5.11 Å². The first-order valence-corrected chi connectivity index (χ1v) is 1.94. The zero-order valence-corrected chi connectivity index (χ0v) is 4.09. The molecule has 0 unspecified atom stereocenters. The zero-order valence-electron chi connectivity index (χ0n) is 4.09. The van der Waals surface area contributed by atoms with Crippen molar-refractivity contribution in [2.75, 3.05) is 0 Å². The Labute approximate surface area is 43.3 Å². The monoisotopic (exact) mass is 96.1 g/mol. The molecule has 0 bridgehead atoms. The summed E-state index contributed by atoms with van der Waals surface area (Å²) in [7, 11) is 0. The smallest absolute Gasteiger partial charge is 0.108 e. The number of rotatable bonds is 2. The van der Waals surface area contributed by atoms with Gasteiger partial charge in [0, 0.05) is 0 Å². The van der Waals surface area contributed by atoms with Crippen LogP contribution < -0.4 is 0 Å². The molecule has 0 amide bonds. The van der Waals surface area contributed by atoms with Gasteiger partial charge in [-0.05, 0) is 6.08 Å². The highest BCUT2D eigenvalue weighted by molar-refractivity contribution is 5.10. The van der Waals surface area contributed by atoms with Gasteiger partial charge in [0.25, 0.3) is 0 Å². The summed E-state index contributed by atoms with van der Waals surface area (Å²) in [6.07, 6.45) is 4.65. The van der Waals surface area contributed by atoms with Gasteiger partial charge in [-0.3, -0.25) is 0 Å². The highest BCUT2D eigenvalue weighted by Crippen LogP contribution is 1.82. The number of aliphatic hydroxyl groups excluding tert-OH is 1. The van der Waals surface area contributed by atoms with Crippen LogP contribution >= 0.6 is 0 Å². The molecule has 0 radical (unpaired) electrons. The summed E-state index contributed by atoms with van der Waals surface area (Å²) in [5.41, 5.74) is 0. The van der Waals surface area contributed by atoms with Crippen LogP contribution in [0.25, 0.3) is 0 Å². The Morgan fingerprint density at radius 1 is 1.57 bits per heavy atom. The van der Waals surface area contributed by atoms with Gasteiger partial charge in [-0.2, -0.15) is 0 Å². The summed E-state index contributed by atoms with van der Waals surface area (Å²) in [4.78, 5) is 0. The Kier molecular flexibility index (Phi) is 2.77. The van der Waals surface area contributed by atoms with E-state index < -0.39 is 0 Å². The second-order valence-corrected chi connectivity index (χ2v) is 1.09. The largest absolute Gasteiger partial charge is 0.509 e. The van der Waals surface area contributed by atoms with E-state index in [4.69, 9.17) is 5.11 Å². The lowest BCUT2D eigenvalue weighted by atomic mass is 10.4. The standard InChI is InChI=1S/C6H8O/c1-3-4-5-6(2)7/h3-5,7H,1-2H2. The summed E-state index contributed by atoms with van der Waals surface area (Å²) in [6, 6.07) is 0. The van der Waals surface area contributed by atoms with E-state index in [0.717, 1.165) is 0 Å². The molecule has 0 heterocycles. The molecule has 0 aromatic heterocycles. The van der Waals surface area contributed by atoms with Crippen molar-refractivity contribution in [3.63, 3.8) is 0 Å². The summed E-state index contributed by atoms with van der Waals surface area (Å²) in [6.45, 7) is 6.61. The quantitative estimate of drug-likeness (QED) is 0.410. The van der Waals surface area contributed by atoms with Gasteiger partial charge in [0.1, 0.15) is 5.76 Å². The second kappa shape index (κ2) is 3.22. The lowest BCUT2D eigenvalue weighted by molar-refractivity contribution is 0.435. The maximum absolute atomic E-state index is 8.35. The van der Waals surface area contributed by atoms with Crippen LogP contribution in [0.1, 0.15) is 0 Å². The Balaban J connectivity index is 3.46. The molecule has 1 heteroatoms. The molecule has 1 nitrogen and oxygen atoms in total. The topological polar surface area (TPSA) is 20.2 Å². The Bertz CT molecular complexity index is 101. The highest BCUT2D eigenvalue weighted by atomic mass is 16.3. The molecule has 0 rings (SSSR count). The number of aliphatic hydroxyl groups is 1. The molecule has 0 aliphatic rings. The molecule has 0 aromatic rings. The van der Waals surface area contributed by atoms with Gasteiger partial charge < -0.3 is 5.11 Å². The molecule has 1 N–H and O–H groups in total. The summed E-state index contributed by atoms with van der Waals surface area (Å²) < 4.78 is 0. The molecule has 0 saturated carbocycles. The number of hydrogen-bond donors (Lipinski definition) is 1. The maximum Gasteiger partial charge on any atom is 0.108 e. The van der Waals surface area contributed by atoms with E-state index in [1.165, 1.54) is 6.08 Å². The van der Waals surface area contributed by atoms with Crippen LogP contribution in [0.4, 0.5) is 0 Å². The van der Waals surface area contributed by atoms with E-state index in [-0.39, 0.29) is 5.76 Å². The third-order valence-corrected chi connectivity index (χ3v) is 0.425. The fourth-order valence-corrected chi connectivity index (χ4v) is 0.179. The van der Waals surface area contributed by atoms with E-state index in [1.807, 2.05) is 0 Å². The summed E-state index contributed by atoms with van der Waals surface area (Å²) in [5.74, 6) is 0.0555. The Hall–Kier alpha value is -0.980. The third kappa shape index (κ3) is 5.02. The van der Waals surface area contributed by atoms with Crippen molar-refractivity contribution in [3.8, 4) is 0 Å². The van der Waals surface area contributed by atoms with Crippen molar-refractivity contribution in [1.29, 1.82) is 0 Å². The third-order valence-electron chi connectivity index (χ3n) is 0.425. The minimum Gasteiger partial charge on any atom is -0.509 e. The molecule has 0 spiro atoms. The first kappa shape index (κ1) is 6.02. The first-order valence-electron chi connectivity index (χ1n) is 1.94. The molecule has 0 atom stereocenters.